The Hall–Kier alpha value is -3.56. The van der Waals surface area contributed by atoms with Crippen molar-refractivity contribution in [3.63, 3.8) is 0 Å². The Balaban J connectivity index is 1.69. The van der Waals surface area contributed by atoms with Gasteiger partial charge >= 0.3 is 6.09 Å². The zero-order valence-corrected chi connectivity index (χ0v) is 23.9. The number of nitrogens with zero attached hydrogens (tertiary/aromatic N) is 2. The predicted octanol–water partition coefficient (Wildman–Crippen LogP) is 6.18. The zero-order chi connectivity index (χ0) is 28.4. The molecule has 3 aromatic rings. The lowest BCUT2D eigenvalue weighted by Gasteiger charge is -2.25. The molecule has 10 heteroatoms. The van der Waals surface area contributed by atoms with Gasteiger partial charge in [-0.2, -0.15) is 0 Å². The highest BCUT2D eigenvalue weighted by Crippen LogP contribution is 2.28. The highest BCUT2D eigenvalue weighted by molar-refractivity contribution is 7.92. The lowest BCUT2D eigenvalue weighted by molar-refractivity contribution is -0.116. The van der Waals surface area contributed by atoms with E-state index in [0.717, 1.165) is 16.9 Å². The predicted molar refractivity (Wildman–Crippen MR) is 154 cm³/mol. The Morgan fingerprint density at radius 3 is 2.38 bits per heavy atom. The third kappa shape index (κ3) is 9.01. The molecule has 208 valence electrons. The Bertz CT molecular complexity index is 1370. The molecule has 0 aliphatic carbocycles. The van der Waals surface area contributed by atoms with E-state index in [2.05, 4.69) is 19.2 Å². The zero-order valence-electron chi connectivity index (χ0n) is 22.3. The van der Waals surface area contributed by atoms with Crippen LogP contribution in [-0.4, -0.2) is 45.5 Å². The number of carbonyl (C=O) groups is 2. The van der Waals surface area contributed by atoms with E-state index in [1.165, 1.54) is 23.5 Å². The van der Waals surface area contributed by atoms with E-state index < -0.39 is 22.0 Å². The minimum Gasteiger partial charge on any atom is -0.445 e. The maximum absolute atomic E-state index is 13.7. The number of rotatable bonds is 12. The number of halogens is 1. The molecule has 1 N–H and O–H groups in total. The fraction of sp³-hybridized carbons (Fsp3) is 0.310. The van der Waals surface area contributed by atoms with Gasteiger partial charge in [0.15, 0.2) is 0 Å². The number of nitrogens with one attached hydrogen (secondary N) is 1. The van der Waals surface area contributed by atoms with Crippen LogP contribution in [0.4, 0.5) is 16.2 Å². The van der Waals surface area contributed by atoms with E-state index in [1.807, 2.05) is 30.3 Å². The van der Waals surface area contributed by atoms with Gasteiger partial charge in [-0.05, 0) is 60.7 Å². The van der Waals surface area contributed by atoms with Crippen LogP contribution >= 0.6 is 11.6 Å². The van der Waals surface area contributed by atoms with Gasteiger partial charge in [0.2, 0.25) is 5.91 Å². The second-order valence-electron chi connectivity index (χ2n) is 9.57. The number of benzene rings is 3. The van der Waals surface area contributed by atoms with Gasteiger partial charge in [0.05, 0.1) is 10.6 Å². The summed E-state index contributed by atoms with van der Waals surface area (Å²) in [6.07, 6.45) is 0.889. The highest BCUT2D eigenvalue weighted by atomic mass is 35.5. The first-order valence-corrected chi connectivity index (χ1v) is 14.5. The third-order valence-corrected chi connectivity index (χ3v) is 7.90. The minimum atomic E-state index is -3.96. The molecule has 39 heavy (non-hydrogen) atoms. The van der Waals surface area contributed by atoms with Gasteiger partial charge in [-0.15, -0.1) is 0 Å². The molecule has 0 aromatic heterocycles. The fourth-order valence-electron chi connectivity index (χ4n) is 3.83. The van der Waals surface area contributed by atoms with Crippen molar-refractivity contribution in [3.05, 3.63) is 89.4 Å². The van der Waals surface area contributed by atoms with Crippen molar-refractivity contribution in [2.24, 2.45) is 5.92 Å². The Labute approximate surface area is 235 Å². The smallest absolute Gasteiger partial charge is 0.410 e. The summed E-state index contributed by atoms with van der Waals surface area (Å²) < 4.78 is 34.0. The first-order chi connectivity index (χ1) is 18.6. The van der Waals surface area contributed by atoms with Gasteiger partial charge in [-0.25, -0.2) is 13.2 Å². The van der Waals surface area contributed by atoms with Crippen LogP contribution in [0.3, 0.4) is 0 Å². The SMILES string of the molecule is CC(C)CCCN(c1cccc(Cl)c1)S(=O)(=O)c1cccc(NC(=O)CN(C)C(=O)OCc2ccccc2)c1. The number of likely N-dealkylation sites (N-methyl/N-ethyl adjacent to an activating group) is 1. The van der Waals surface area contributed by atoms with Crippen LogP contribution < -0.4 is 9.62 Å². The molecule has 0 atom stereocenters. The summed E-state index contributed by atoms with van der Waals surface area (Å²) in [5.74, 6) is -0.0615. The Morgan fingerprint density at radius 1 is 0.974 bits per heavy atom. The summed E-state index contributed by atoms with van der Waals surface area (Å²) in [5.41, 5.74) is 1.59. The summed E-state index contributed by atoms with van der Waals surface area (Å²) >= 11 is 6.16. The largest absolute Gasteiger partial charge is 0.445 e. The molecule has 0 fully saturated rings. The lowest BCUT2D eigenvalue weighted by atomic mass is 10.1. The normalized spacial score (nSPS) is 11.2. The molecular formula is C29H34ClN3O5S. The maximum atomic E-state index is 13.7. The Kier molecular flexibility index (Phi) is 10.8. The summed E-state index contributed by atoms with van der Waals surface area (Å²) in [7, 11) is -2.51. The molecule has 0 unspecified atom stereocenters. The molecule has 0 heterocycles. The fourth-order valence-corrected chi connectivity index (χ4v) is 5.56. The topological polar surface area (TPSA) is 96.0 Å². The summed E-state index contributed by atoms with van der Waals surface area (Å²) in [4.78, 5) is 26.1. The molecule has 0 aliphatic heterocycles. The maximum Gasteiger partial charge on any atom is 0.410 e. The average molecular weight is 572 g/mol. The van der Waals surface area contributed by atoms with Crippen LogP contribution in [0, 0.1) is 5.92 Å². The van der Waals surface area contributed by atoms with Crippen LogP contribution in [0.25, 0.3) is 0 Å². The number of hydrogen-bond donors (Lipinski definition) is 1. The standard InChI is InChI=1S/C29H34ClN3O5S/c1-22(2)10-9-17-33(26-15-7-13-24(30)18-26)39(36,37)27-16-8-14-25(19-27)31-28(34)20-32(3)29(35)38-21-23-11-5-4-6-12-23/h4-8,11-16,18-19,22H,9-10,17,20-21H2,1-3H3,(H,31,34). The van der Waals surface area contributed by atoms with Crippen molar-refractivity contribution in [2.45, 2.75) is 38.2 Å². The quantitative estimate of drug-likeness (QED) is 0.280. The second-order valence-corrected chi connectivity index (χ2v) is 11.9. The van der Waals surface area contributed by atoms with Crippen LogP contribution in [0.5, 0.6) is 0 Å². The van der Waals surface area contributed by atoms with Crippen molar-refractivity contribution in [1.29, 1.82) is 0 Å². The number of hydrogen-bond acceptors (Lipinski definition) is 5. The second kappa shape index (κ2) is 14.0. The van der Waals surface area contributed by atoms with Gasteiger partial charge in [-0.1, -0.05) is 67.9 Å². The molecule has 3 rings (SSSR count). The molecule has 0 bridgehead atoms. The van der Waals surface area contributed by atoms with E-state index in [0.29, 0.717) is 28.7 Å². The van der Waals surface area contributed by atoms with Crippen molar-refractivity contribution in [1.82, 2.24) is 4.90 Å². The first-order valence-electron chi connectivity index (χ1n) is 12.7. The lowest BCUT2D eigenvalue weighted by Crippen LogP contribution is -2.35. The third-order valence-electron chi connectivity index (χ3n) is 5.84. The highest BCUT2D eigenvalue weighted by Gasteiger charge is 2.26. The number of anilines is 2. The summed E-state index contributed by atoms with van der Waals surface area (Å²) in [5, 5.41) is 3.10. The number of carbonyl (C=O) groups excluding carboxylic acids is 2. The summed E-state index contributed by atoms with van der Waals surface area (Å²) in [6.45, 7) is 4.28. The van der Waals surface area contributed by atoms with Gasteiger partial charge < -0.3 is 15.0 Å². The van der Waals surface area contributed by atoms with Crippen molar-refractivity contribution >= 4 is 45.0 Å². The van der Waals surface area contributed by atoms with E-state index >= 15 is 0 Å². The molecule has 0 radical (unpaired) electrons. The van der Waals surface area contributed by atoms with Gasteiger partial charge in [0.1, 0.15) is 13.2 Å². The molecule has 2 amide bonds. The van der Waals surface area contributed by atoms with Crippen molar-refractivity contribution < 1.29 is 22.7 Å². The average Bonchev–Trinajstić information content (AvgIpc) is 2.90. The number of ether oxygens (including phenoxy) is 1. The first kappa shape index (κ1) is 30.0. The van der Waals surface area contributed by atoms with E-state index in [-0.39, 0.29) is 24.6 Å². The van der Waals surface area contributed by atoms with Crippen molar-refractivity contribution in [3.8, 4) is 0 Å². The Morgan fingerprint density at radius 2 is 1.69 bits per heavy atom. The van der Waals surface area contributed by atoms with E-state index in [9.17, 15) is 18.0 Å². The van der Waals surface area contributed by atoms with E-state index in [4.69, 9.17) is 16.3 Å². The molecule has 3 aromatic carbocycles. The molecular weight excluding hydrogens is 538 g/mol. The van der Waals surface area contributed by atoms with Gasteiger partial charge in [0.25, 0.3) is 10.0 Å². The number of amides is 2. The van der Waals surface area contributed by atoms with Crippen LogP contribution in [-0.2, 0) is 26.2 Å². The molecule has 0 spiro atoms. The monoisotopic (exact) mass is 571 g/mol. The molecule has 0 saturated carbocycles. The van der Waals surface area contributed by atoms with Gasteiger partial charge in [-0.3, -0.25) is 9.10 Å². The summed E-state index contributed by atoms with van der Waals surface area (Å²) in [6, 6.07) is 22.0. The van der Waals surface area contributed by atoms with Crippen LogP contribution in [0.15, 0.2) is 83.8 Å². The van der Waals surface area contributed by atoms with Gasteiger partial charge in [0, 0.05) is 24.3 Å². The van der Waals surface area contributed by atoms with Crippen molar-refractivity contribution in [2.75, 3.05) is 29.8 Å². The minimum absolute atomic E-state index is 0.0282. The number of sulfonamides is 1. The van der Waals surface area contributed by atoms with Crippen LogP contribution in [0.1, 0.15) is 32.3 Å². The van der Waals surface area contributed by atoms with Crippen LogP contribution in [0.2, 0.25) is 5.02 Å². The van der Waals surface area contributed by atoms with E-state index in [1.54, 1.807) is 36.4 Å². The molecule has 8 nitrogen and oxygen atoms in total. The molecule has 0 saturated heterocycles. The molecule has 0 aliphatic rings.